The molecule has 0 saturated carbocycles. The lowest BCUT2D eigenvalue weighted by atomic mass is 9.97. The summed E-state index contributed by atoms with van der Waals surface area (Å²) >= 11 is 0. The number of carboxylic acids is 1. The van der Waals surface area contributed by atoms with Gasteiger partial charge < -0.3 is 10.4 Å². The lowest BCUT2D eigenvalue weighted by molar-refractivity contribution is -0.136. The number of nitrogens with zero attached hydrogens (tertiary/aromatic N) is 2. The minimum absolute atomic E-state index is 0.0204. The van der Waals surface area contributed by atoms with Crippen LogP contribution < -0.4 is 10.6 Å². The van der Waals surface area contributed by atoms with Gasteiger partial charge in [-0.1, -0.05) is 45.0 Å². The highest BCUT2D eigenvalue weighted by Gasteiger charge is 2.13. The van der Waals surface area contributed by atoms with Gasteiger partial charge in [0.05, 0.1) is 18.1 Å². The molecule has 0 unspecified atom stereocenters. The standard InChI is InChI=1S/C29H34N4O3/c1-20(23-11-13-24(14-12-23)28(36)31-17-15-27(34)35)32-26(10-7-16-29(3,4)5)33-21(2)25-9-6-8-22(18-25)19-30/h6,8-14,16,18,20,26,32H,15,17H2,1-5H3,(H,31,36)(H,34,35)/t7?,20-,26-/m1/s1. The van der Waals surface area contributed by atoms with E-state index in [9.17, 15) is 14.9 Å². The number of nitrogens with one attached hydrogen (secondary N) is 2. The molecule has 188 valence electrons. The van der Waals surface area contributed by atoms with Gasteiger partial charge in [0.1, 0.15) is 6.17 Å². The maximum Gasteiger partial charge on any atom is 0.305 e. The van der Waals surface area contributed by atoms with E-state index in [2.05, 4.69) is 43.2 Å². The van der Waals surface area contributed by atoms with Crippen molar-refractivity contribution in [2.75, 3.05) is 6.54 Å². The smallest absolute Gasteiger partial charge is 0.305 e. The van der Waals surface area contributed by atoms with E-state index in [-0.39, 0.29) is 36.5 Å². The maximum atomic E-state index is 12.2. The fourth-order valence-electron chi connectivity index (χ4n) is 3.27. The first kappa shape index (κ1) is 28.3. The Hall–Kier alpha value is -3.98. The van der Waals surface area contributed by atoms with Crippen LogP contribution in [-0.4, -0.2) is 35.4 Å². The molecule has 7 heteroatoms. The van der Waals surface area contributed by atoms with E-state index in [0.29, 0.717) is 11.1 Å². The number of carbonyl (C=O) groups excluding carboxylic acids is 1. The molecule has 0 radical (unpaired) electrons. The maximum absolute atomic E-state index is 12.2. The van der Waals surface area contributed by atoms with Gasteiger partial charge in [0.25, 0.3) is 5.91 Å². The van der Waals surface area contributed by atoms with Crippen LogP contribution >= 0.6 is 0 Å². The molecule has 0 bridgehead atoms. The van der Waals surface area contributed by atoms with Crippen molar-refractivity contribution < 1.29 is 14.7 Å². The van der Waals surface area contributed by atoms with Gasteiger partial charge in [-0.2, -0.15) is 5.26 Å². The van der Waals surface area contributed by atoms with E-state index in [1.807, 2.05) is 56.3 Å². The summed E-state index contributed by atoms with van der Waals surface area (Å²) in [5.41, 5.74) is 6.90. The number of amides is 1. The lowest BCUT2D eigenvalue weighted by Gasteiger charge is -2.19. The summed E-state index contributed by atoms with van der Waals surface area (Å²) in [5.74, 6) is -1.27. The minimum Gasteiger partial charge on any atom is -0.481 e. The van der Waals surface area contributed by atoms with Gasteiger partial charge in [-0.25, -0.2) is 0 Å². The molecule has 2 aromatic rings. The third-order valence-corrected chi connectivity index (χ3v) is 5.23. The quantitative estimate of drug-likeness (QED) is 0.323. The van der Waals surface area contributed by atoms with E-state index >= 15 is 0 Å². The van der Waals surface area contributed by atoms with Crippen molar-refractivity contribution in [3.05, 3.63) is 88.7 Å². The van der Waals surface area contributed by atoms with Crippen molar-refractivity contribution in [1.29, 1.82) is 5.26 Å². The average Bonchev–Trinajstić information content (AvgIpc) is 2.82. The zero-order chi connectivity index (χ0) is 26.7. The van der Waals surface area contributed by atoms with Crippen molar-refractivity contribution in [1.82, 2.24) is 10.6 Å². The number of aliphatic imine (C=N–C) groups is 1. The highest BCUT2D eigenvalue weighted by atomic mass is 16.4. The predicted octanol–water partition coefficient (Wildman–Crippen LogP) is 5.01. The summed E-state index contributed by atoms with van der Waals surface area (Å²) in [7, 11) is 0. The van der Waals surface area contributed by atoms with Crippen LogP contribution in [-0.2, 0) is 4.79 Å². The van der Waals surface area contributed by atoms with Gasteiger partial charge >= 0.3 is 5.97 Å². The number of rotatable bonds is 10. The third-order valence-electron chi connectivity index (χ3n) is 5.23. The zero-order valence-electron chi connectivity index (χ0n) is 21.5. The molecule has 0 spiro atoms. The molecule has 0 aliphatic heterocycles. The molecular formula is C29H34N4O3. The molecule has 2 rings (SSSR count). The number of carboxylic acid groups (broad SMARTS) is 1. The van der Waals surface area contributed by atoms with E-state index in [0.717, 1.165) is 16.8 Å². The number of carbonyl (C=O) groups is 2. The molecule has 2 atom stereocenters. The Morgan fingerprint density at radius 1 is 1.14 bits per heavy atom. The molecular weight excluding hydrogens is 452 g/mol. The van der Waals surface area contributed by atoms with E-state index in [4.69, 9.17) is 10.1 Å². The second-order valence-electron chi connectivity index (χ2n) is 9.61. The van der Waals surface area contributed by atoms with Gasteiger partial charge in [0.15, 0.2) is 0 Å². The van der Waals surface area contributed by atoms with Crippen molar-refractivity contribution in [3.63, 3.8) is 0 Å². The first-order chi connectivity index (χ1) is 17.0. The van der Waals surface area contributed by atoms with Crippen LogP contribution in [0.3, 0.4) is 0 Å². The first-order valence-electron chi connectivity index (χ1n) is 11.8. The Bertz CT molecular complexity index is 1190. The Morgan fingerprint density at radius 3 is 2.44 bits per heavy atom. The minimum atomic E-state index is -0.956. The molecule has 7 nitrogen and oxygen atoms in total. The highest BCUT2D eigenvalue weighted by molar-refractivity contribution is 5.99. The topological polar surface area (TPSA) is 115 Å². The number of aliphatic carboxylic acids is 1. The van der Waals surface area contributed by atoms with Gasteiger partial charge in [0, 0.05) is 23.9 Å². The second kappa shape index (κ2) is 13.2. The summed E-state index contributed by atoms with van der Waals surface area (Å²) in [5, 5.41) is 24.0. The molecule has 0 saturated heterocycles. The summed E-state index contributed by atoms with van der Waals surface area (Å²) in [6, 6.07) is 16.6. The van der Waals surface area contributed by atoms with Crippen LogP contribution in [0.1, 0.15) is 74.1 Å². The van der Waals surface area contributed by atoms with Crippen molar-refractivity contribution in [3.8, 4) is 6.07 Å². The summed E-state index contributed by atoms with van der Waals surface area (Å²) in [6.45, 7) is 10.3. The molecule has 0 aliphatic rings. The van der Waals surface area contributed by atoms with Crippen LogP contribution in [0.4, 0.5) is 0 Å². The third kappa shape index (κ3) is 9.71. The van der Waals surface area contributed by atoms with Crippen LogP contribution in [0.5, 0.6) is 0 Å². The van der Waals surface area contributed by atoms with E-state index in [1.54, 1.807) is 18.2 Å². The summed E-state index contributed by atoms with van der Waals surface area (Å²) < 4.78 is 0. The molecule has 1 amide bonds. The SMILES string of the molecule is CC(=N[C@H](C=C=CC(C)(C)C)N[C@H](C)c1ccc(C(=O)NCCC(=O)O)cc1)c1cccc(C#N)c1. The molecule has 36 heavy (non-hydrogen) atoms. The zero-order valence-corrected chi connectivity index (χ0v) is 21.5. The van der Waals surface area contributed by atoms with Gasteiger partial charge in [-0.15, -0.1) is 5.73 Å². The second-order valence-corrected chi connectivity index (χ2v) is 9.61. The summed E-state index contributed by atoms with van der Waals surface area (Å²) in [6.07, 6.45) is 3.38. The van der Waals surface area contributed by atoms with Crippen LogP contribution in [0, 0.1) is 16.7 Å². The fourth-order valence-corrected chi connectivity index (χ4v) is 3.27. The van der Waals surface area contributed by atoms with Crippen molar-refractivity contribution in [2.45, 2.75) is 53.2 Å². The van der Waals surface area contributed by atoms with Gasteiger partial charge in [0.2, 0.25) is 0 Å². The largest absolute Gasteiger partial charge is 0.481 e. The Kier molecular flexibility index (Phi) is 10.4. The lowest BCUT2D eigenvalue weighted by Crippen LogP contribution is -2.29. The van der Waals surface area contributed by atoms with Crippen LogP contribution in [0.25, 0.3) is 0 Å². The van der Waals surface area contributed by atoms with Crippen molar-refractivity contribution in [2.24, 2.45) is 10.4 Å². The Balaban J connectivity index is 2.21. The molecule has 0 aliphatic carbocycles. The molecule has 3 N–H and O–H groups in total. The molecule has 0 fully saturated rings. The van der Waals surface area contributed by atoms with E-state index < -0.39 is 5.97 Å². The molecule has 2 aromatic carbocycles. The van der Waals surface area contributed by atoms with Gasteiger partial charge in [-0.3, -0.25) is 19.9 Å². The number of nitriles is 1. The summed E-state index contributed by atoms with van der Waals surface area (Å²) in [4.78, 5) is 27.7. The number of hydrogen-bond donors (Lipinski definition) is 3. The van der Waals surface area contributed by atoms with Gasteiger partial charge in [-0.05, 0) is 66.8 Å². The average molecular weight is 487 g/mol. The number of benzene rings is 2. The molecule has 0 heterocycles. The normalized spacial score (nSPS) is 13.1. The monoisotopic (exact) mass is 486 g/mol. The predicted molar refractivity (Wildman–Crippen MR) is 142 cm³/mol. The molecule has 0 aromatic heterocycles. The van der Waals surface area contributed by atoms with E-state index in [1.165, 1.54) is 0 Å². The van der Waals surface area contributed by atoms with Crippen LogP contribution in [0.2, 0.25) is 0 Å². The Morgan fingerprint density at radius 2 is 1.83 bits per heavy atom. The highest BCUT2D eigenvalue weighted by Crippen LogP contribution is 2.17. The Labute approximate surface area is 213 Å². The van der Waals surface area contributed by atoms with Crippen LogP contribution in [0.15, 0.2) is 71.4 Å². The van der Waals surface area contributed by atoms with Crippen molar-refractivity contribution >= 4 is 17.6 Å². The fraction of sp³-hybridized carbons (Fsp3) is 0.345. The first-order valence-corrected chi connectivity index (χ1v) is 11.8. The number of hydrogen-bond acceptors (Lipinski definition) is 5.